The smallest absolute Gasteiger partial charge is 0.0695 e. The standard InChI is InChI=1S/C9H18O/c1-7(2)9(4,10)8(3)5-6-8/h7,10H,5-6H2,1-4H3. The van der Waals surface area contributed by atoms with Crippen molar-refractivity contribution in [3.8, 4) is 0 Å². The molecule has 0 amide bonds. The van der Waals surface area contributed by atoms with Crippen molar-refractivity contribution in [2.75, 3.05) is 0 Å². The van der Waals surface area contributed by atoms with Crippen molar-refractivity contribution >= 4 is 0 Å². The highest BCUT2D eigenvalue weighted by molar-refractivity contribution is 5.04. The average molecular weight is 142 g/mol. The van der Waals surface area contributed by atoms with Crippen molar-refractivity contribution in [1.82, 2.24) is 0 Å². The molecule has 1 saturated carbocycles. The molecule has 1 fully saturated rings. The molecule has 0 aromatic rings. The van der Waals surface area contributed by atoms with Gasteiger partial charge in [0, 0.05) is 0 Å². The minimum atomic E-state index is -0.451. The first-order valence-corrected chi connectivity index (χ1v) is 4.12. The molecule has 1 rings (SSSR count). The van der Waals surface area contributed by atoms with Gasteiger partial charge in [-0.15, -0.1) is 0 Å². The minimum Gasteiger partial charge on any atom is -0.389 e. The fourth-order valence-electron chi connectivity index (χ4n) is 1.39. The second-order valence-electron chi connectivity index (χ2n) is 4.36. The Morgan fingerprint density at radius 3 is 1.90 bits per heavy atom. The Kier molecular flexibility index (Phi) is 1.59. The zero-order valence-corrected chi connectivity index (χ0v) is 7.44. The third-order valence-electron chi connectivity index (χ3n) is 3.35. The number of hydrogen-bond donors (Lipinski definition) is 1. The summed E-state index contributed by atoms with van der Waals surface area (Å²) in [5, 5.41) is 9.99. The van der Waals surface area contributed by atoms with Crippen LogP contribution in [-0.4, -0.2) is 10.7 Å². The summed E-state index contributed by atoms with van der Waals surface area (Å²) in [5.41, 5.74) is -0.228. The van der Waals surface area contributed by atoms with E-state index >= 15 is 0 Å². The largest absolute Gasteiger partial charge is 0.389 e. The normalized spacial score (nSPS) is 28.2. The van der Waals surface area contributed by atoms with Crippen LogP contribution in [0.1, 0.15) is 40.5 Å². The predicted molar refractivity (Wildman–Crippen MR) is 42.8 cm³/mol. The van der Waals surface area contributed by atoms with Crippen LogP contribution in [0.3, 0.4) is 0 Å². The van der Waals surface area contributed by atoms with Crippen molar-refractivity contribution < 1.29 is 5.11 Å². The van der Waals surface area contributed by atoms with Crippen LogP contribution in [0.25, 0.3) is 0 Å². The van der Waals surface area contributed by atoms with Gasteiger partial charge in [-0.25, -0.2) is 0 Å². The third-order valence-corrected chi connectivity index (χ3v) is 3.35. The van der Waals surface area contributed by atoms with Crippen LogP contribution < -0.4 is 0 Å². The third kappa shape index (κ3) is 0.968. The Bertz CT molecular complexity index is 132. The summed E-state index contributed by atoms with van der Waals surface area (Å²) in [6, 6.07) is 0. The maximum absolute atomic E-state index is 9.99. The zero-order chi connectivity index (χ0) is 7.99. The number of hydrogen-bond acceptors (Lipinski definition) is 1. The van der Waals surface area contributed by atoms with Gasteiger partial charge in [0.25, 0.3) is 0 Å². The van der Waals surface area contributed by atoms with E-state index in [1.54, 1.807) is 0 Å². The van der Waals surface area contributed by atoms with Crippen molar-refractivity contribution in [1.29, 1.82) is 0 Å². The fourth-order valence-corrected chi connectivity index (χ4v) is 1.39. The molecule has 1 aliphatic carbocycles. The van der Waals surface area contributed by atoms with E-state index in [1.165, 1.54) is 12.8 Å². The summed E-state index contributed by atoms with van der Waals surface area (Å²) in [6.07, 6.45) is 2.39. The summed E-state index contributed by atoms with van der Waals surface area (Å²) >= 11 is 0. The minimum absolute atomic E-state index is 0.223. The van der Waals surface area contributed by atoms with Crippen LogP contribution in [0, 0.1) is 11.3 Å². The highest BCUT2D eigenvalue weighted by Crippen LogP contribution is 2.55. The van der Waals surface area contributed by atoms with Gasteiger partial charge in [0.05, 0.1) is 5.60 Å². The molecule has 1 N–H and O–H groups in total. The first kappa shape index (κ1) is 8.06. The fraction of sp³-hybridized carbons (Fsp3) is 1.00. The van der Waals surface area contributed by atoms with Gasteiger partial charge in [0.2, 0.25) is 0 Å². The van der Waals surface area contributed by atoms with Gasteiger partial charge < -0.3 is 5.11 Å². The molecule has 60 valence electrons. The number of aliphatic hydroxyl groups is 1. The molecule has 0 heterocycles. The summed E-state index contributed by atoms with van der Waals surface area (Å²) in [7, 11) is 0. The topological polar surface area (TPSA) is 20.2 Å². The van der Waals surface area contributed by atoms with Crippen LogP contribution in [0.4, 0.5) is 0 Å². The van der Waals surface area contributed by atoms with Crippen molar-refractivity contribution in [2.24, 2.45) is 11.3 Å². The summed E-state index contributed by atoms with van der Waals surface area (Å²) in [5.74, 6) is 0.375. The average Bonchev–Trinajstić information content (AvgIpc) is 2.48. The lowest BCUT2D eigenvalue weighted by atomic mass is 9.79. The van der Waals surface area contributed by atoms with Crippen molar-refractivity contribution in [2.45, 2.75) is 46.1 Å². The van der Waals surface area contributed by atoms with Gasteiger partial charge in [-0.2, -0.15) is 0 Å². The van der Waals surface area contributed by atoms with Gasteiger partial charge in [0.1, 0.15) is 0 Å². The van der Waals surface area contributed by atoms with Crippen molar-refractivity contribution in [3.63, 3.8) is 0 Å². The molecule has 0 spiro atoms. The Hall–Kier alpha value is -0.0400. The monoisotopic (exact) mass is 142 g/mol. The predicted octanol–water partition coefficient (Wildman–Crippen LogP) is 2.19. The first-order valence-electron chi connectivity index (χ1n) is 4.12. The zero-order valence-electron chi connectivity index (χ0n) is 7.44. The van der Waals surface area contributed by atoms with Crippen LogP contribution in [0.2, 0.25) is 0 Å². The van der Waals surface area contributed by atoms with E-state index in [0.29, 0.717) is 5.92 Å². The van der Waals surface area contributed by atoms with Crippen LogP contribution in [-0.2, 0) is 0 Å². The molecule has 1 atom stereocenters. The summed E-state index contributed by atoms with van der Waals surface area (Å²) in [6.45, 7) is 8.31. The Balaban J connectivity index is 2.67. The molecule has 0 radical (unpaired) electrons. The van der Waals surface area contributed by atoms with Crippen LogP contribution in [0.5, 0.6) is 0 Å². The van der Waals surface area contributed by atoms with E-state index in [1.807, 2.05) is 6.92 Å². The second-order valence-corrected chi connectivity index (χ2v) is 4.36. The Labute approximate surface area is 63.4 Å². The lowest BCUT2D eigenvalue weighted by molar-refractivity contribution is -0.0483. The maximum atomic E-state index is 9.99. The molecule has 10 heavy (non-hydrogen) atoms. The first-order chi connectivity index (χ1) is 4.40. The van der Waals surface area contributed by atoms with E-state index in [0.717, 1.165) is 0 Å². The molecular formula is C9H18O. The summed E-state index contributed by atoms with van der Waals surface area (Å²) in [4.78, 5) is 0. The summed E-state index contributed by atoms with van der Waals surface area (Å²) < 4.78 is 0. The highest BCUT2D eigenvalue weighted by atomic mass is 16.3. The van der Waals surface area contributed by atoms with E-state index in [9.17, 15) is 5.11 Å². The maximum Gasteiger partial charge on any atom is 0.0695 e. The molecule has 1 aliphatic rings. The lowest BCUT2D eigenvalue weighted by Crippen LogP contribution is -2.39. The highest BCUT2D eigenvalue weighted by Gasteiger charge is 2.53. The van der Waals surface area contributed by atoms with Crippen LogP contribution in [0.15, 0.2) is 0 Å². The molecule has 0 aliphatic heterocycles. The van der Waals surface area contributed by atoms with Gasteiger partial charge >= 0.3 is 0 Å². The Morgan fingerprint density at radius 1 is 1.40 bits per heavy atom. The molecule has 0 saturated heterocycles. The molecule has 0 aromatic carbocycles. The van der Waals surface area contributed by atoms with Crippen molar-refractivity contribution in [3.05, 3.63) is 0 Å². The lowest BCUT2D eigenvalue weighted by Gasteiger charge is -2.34. The quantitative estimate of drug-likeness (QED) is 0.626. The molecule has 1 unspecified atom stereocenters. The molecule has 1 heteroatoms. The molecule has 1 nitrogen and oxygen atoms in total. The molecule has 0 bridgehead atoms. The van der Waals surface area contributed by atoms with Gasteiger partial charge in [-0.3, -0.25) is 0 Å². The van der Waals surface area contributed by atoms with Gasteiger partial charge in [-0.1, -0.05) is 20.8 Å². The molecular weight excluding hydrogens is 124 g/mol. The van der Waals surface area contributed by atoms with E-state index in [2.05, 4.69) is 20.8 Å². The van der Waals surface area contributed by atoms with E-state index in [-0.39, 0.29) is 5.41 Å². The van der Waals surface area contributed by atoms with Crippen LogP contribution >= 0.6 is 0 Å². The van der Waals surface area contributed by atoms with E-state index < -0.39 is 5.60 Å². The SMILES string of the molecule is CC(C)C(C)(O)C1(C)CC1. The Morgan fingerprint density at radius 2 is 1.80 bits per heavy atom. The van der Waals surface area contributed by atoms with E-state index in [4.69, 9.17) is 0 Å². The molecule has 0 aromatic heterocycles. The number of rotatable bonds is 2. The second kappa shape index (κ2) is 1.97. The van der Waals surface area contributed by atoms with Gasteiger partial charge in [0.15, 0.2) is 0 Å². The van der Waals surface area contributed by atoms with Gasteiger partial charge in [-0.05, 0) is 31.1 Å².